The van der Waals surface area contributed by atoms with E-state index in [0.717, 1.165) is 18.0 Å². The molecule has 0 atom stereocenters. The third kappa shape index (κ3) is 3.53. The van der Waals surface area contributed by atoms with E-state index in [0.29, 0.717) is 4.90 Å². The van der Waals surface area contributed by atoms with Gasteiger partial charge in [0.1, 0.15) is 0 Å². The van der Waals surface area contributed by atoms with Crippen molar-refractivity contribution >= 4 is 27.6 Å². The van der Waals surface area contributed by atoms with Gasteiger partial charge in [-0.25, -0.2) is 8.42 Å². The van der Waals surface area contributed by atoms with Crippen molar-refractivity contribution in [1.29, 1.82) is 0 Å². The molecule has 0 bridgehead atoms. The summed E-state index contributed by atoms with van der Waals surface area (Å²) in [5.74, 6) is -0.281. The molecule has 0 saturated carbocycles. The number of hydrogen-bond donors (Lipinski definition) is 0. The molecule has 0 spiro atoms. The van der Waals surface area contributed by atoms with Crippen LogP contribution in [0.1, 0.15) is 0 Å². The van der Waals surface area contributed by atoms with E-state index in [1.807, 2.05) is 0 Å². The van der Waals surface area contributed by atoms with Gasteiger partial charge in [0, 0.05) is 11.2 Å². The summed E-state index contributed by atoms with van der Waals surface area (Å²) in [6.45, 7) is 0. The normalized spacial score (nSPS) is 11.1. The number of esters is 1. The highest BCUT2D eigenvalue weighted by Crippen LogP contribution is 2.26. The highest BCUT2D eigenvalue weighted by atomic mass is 32.2. The summed E-state index contributed by atoms with van der Waals surface area (Å²) in [5.41, 5.74) is 0. The first-order valence-corrected chi connectivity index (χ1v) is 7.31. The van der Waals surface area contributed by atoms with Crippen LogP contribution in [-0.2, 0) is 19.4 Å². The number of rotatable bonds is 4. The zero-order valence-corrected chi connectivity index (χ0v) is 10.6. The summed E-state index contributed by atoms with van der Waals surface area (Å²) in [6.07, 6.45) is 1.14. The highest BCUT2D eigenvalue weighted by molar-refractivity contribution is 8.00. The van der Waals surface area contributed by atoms with Gasteiger partial charge in [-0.05, 0) is 12.1 Å². The number of sulfone groups is 1. The van der Waals surface area contributed by atoms with Crippen molar-refractivity contribution < 1.29 is 17.9 Å². The van der Waals surface area contributed by atoms with Crippen LogP contribution >= 0.6 is 11.8 Å². The second-order valence-electron chi connectivity index (χ2n) is 3.08. The van der Waals surface area contributed by atoms with Gasteiger partial charge in [0.25, 0.3) is 0 Å². The fourth-order valence-electron chi connectivity index (χ4n) is 1.07. The first-order chi connectivity index (χ1) is 7.45. The number of ether oxygens (including phenoxy) is 1. The minimum absolute atomic E-state index is 0.100. The summed E-state index contributed by atoms with van der Waals surface area (Å²) >= 11 is 1.15. The van der Waals surface area contributed by atoms with Crippen LogP contribution in [0.15, 0.2) is 34.1 Å². The Kier molecular flexibility index (Phi) is 4.37. The van der Waals surface area contributed by atoms with Crippen LogP contribution in [0.25, 0.3) is 0 Å². The Bertz CT molecular complexity index is 479. The van der Waals surface area contributed by atoms with Crippen LogP contribution in [0.2, 0.25) is 0 Å². The van der Waals surface area contributed by atoms with E-state index < -0.39 is 9.84 Å². The molecule has 6 heteroatoms. The minimum Gasteiger partial charge on any atom is -0.468 e. The van der Waals surface area contributed by atoms with Crippen molar-refractivity contribution in [3.8, 4) is 0 Å². The fraction of sp³-hybridized carbons (Fsp3) is 0.300. The molecule has 1 aromatic rings. The Morgan fingerprint density at radius 1 is 1.38 bits per heavy atom. The molecule has 16 heavy (non-hydrogen) atoms. The van der Waals surface area contributed by atoms with Gasteiger partial charge in [0.2, 0.25) is 0 Å². The summed E-state index contributed by atoms with van der Waals surface area (Å²) in [5, 5.41) is 0. The molecule has 0 aliphatic carbocycles. The Morgan fingerprint density at radius 2 is 2.00 bits per heavy atom. The van der Waals surface area contributed by atoms with Crippen LogP contribution in [0.5, 0.6) is 0 Å². The third-order valence-electron chi connectivity index (χ3n) is 1.82. The molecule has 0 aliphatic rings. The van der Waals surface area contributed by atoms with E-state index >= 15 is 0 Å². The Labute approximate surface area is 98.9 Å². The zero-order valence-electron chi connectivity index (χ0n) is 8.97. The molecule has 0 radical (unpaired) electrons. The lowest BCUT2D eigenvalue weighted by atomic mass is 10.4. The predicted octanol–water partition coefficient (Wildman–Crippen LogP) is 1.36. The molecule has 0 amide bonds. The lowest BCUT2D eigenvalue weighted by Crippen LogP contribution is -2.04. The smallest absolute Gasteiger partial charge is 0.315 e. The number of benzene rings is 1. The van der Waals surface area contributed by atoms with Gasteiger partial charge in [-0.3, -0.25) is 4.79 Å². The predicted molar refractivity (Wildman–Crippen MR) is 62.3 cm³/mol. The Balaban J connectivity index is 2.93. The van der Waals surface area contributed by atoms with Gasteiger partial charge in [0.05, 0.1) is 17.8 Å². The number of carbonyl (C=O) groups is 1. The molecular formula is C10H12O4S2. The number of thioether (sulfide) groups is 1. The Hall–Kier alpha value is -1.01. The van der Waals surface area contributed by atoms with Gasteiger partial charge in [-0.15, -0.1) is 11.8 Å². The SMILES string of the molecule is COC(=O)CSc1ccccc1S(C)(=O)=O. The molecule has 0 aromatic heterocycles. The van der Waals surface area contributed by atoms with E-state index in [9.17, 15) is 13.2 Å². The highest BCUT2D eigenvalue weighted by Gasteiger charge is 2.13. The molecule has 1 aromatic carbocycles. The van der Waals surface area contributed by atoms with Crippen LogP contribution in [-0.4, -0.2) is 33.5 Å². The maximum absolute atomic E-state index is 11.4. The van der Waals surface area contributed by atoms with Crippen molar-refractivity contribution in [2.24, 2.45) is 0 Å². The summed E-state index contributed by atoms with van der Waals surface area (Å²) in [6, 6.07) is 6.58. The Morgan fingerprint density at radius 3 is 2.56 bits per heavy atom. The fourth-order valence-corrected chi connectivity index (χ4v) is 3.24. The molecule has 1 rings (SSSR count). The second kappa shape index (κ2) is 5.36. The molecule has 0 fully saturated rings. The third-order valence-corrected chi connectivity index (χ3v) is 4.15. The van der Waals surface area contributed by atoms with Crippen LogP contribution in [0, 0.1) is 0 Å². The zero-order chi connectivity index (χ0) is 12.2. The van der Waals surface area contributed by atoms with Crippen molar-refractivity contribution in [2.45, 2.75) is 9.79 Å². The number of methoxy groups -OCH3 is 1. The topological polar surface area (TPSA) is 60.4 Å². The maximum Gasteiger partial charge on any atom is 0.315 e. The van der Waals surface area contributed by atoms with Crippen molar-refractivity contribution in [3.63, 3.8) is 0 Å². The molecule has 0 N–H and O–H groups in total. The first-order valence-electron chi connectivity index (χ1n) is 4.44. The van der Waals surface area contributed by atoms with Gasteiger partial charge in [0.15, 0.2) is 9.84 Å². The van der Waals surface area contributed by atoms with Gasteiger partial charge < -0.3 is 4.74 Å². The van der Waals surface area contributed by atoms with E-state index in [1.165, 1.54) is 13.2 Å². The van der Waals surface area contributed by atoms with Crippen molar-refractivity contribution in [3.05, 3.63) is 24.3 Å². The average molecular weight is 260 g/mol. The van der Waals surface area contributed by atoms with Crippen LogP contribution in [0.3, 0.4) is 0 Å². The average Bonchev–Trinajstić information content (AvgIpc) is 2.25. The largest absolute Gasteiger partial charge is 0.468 e. The van der Waals surface area contributed by atoms with E-state index in [4.69, 9.17) is 0 Å². The molecule has 0 heterocycles. The van der Waals surface area contributed by atoms with Gasteiger partial charge in [-0.1, -0.05) is 12.1 Å². The van der Waals surface area contributed by atoms with Gasteiger partial charge >= 0.3 is 5.97 Å². The molecule has 0 unspecified atom stereocenters. The first kappa shape index (κ1) is 13.1. The monoisotopic (exact) mass is 260 g/mol. The number of carbonyl (C=O) groups excluding carboxylic acids is 1. The molecule has 0 saturated heterocycles. The molecule has 4 nitrogen and oxygen atoms in total. The van der Waals surface area contributed by atoms with Crippen LogP contribution < -0.4 is 0 Å². The molecular weight excluding hydrogens is 248 g/mol. The number of hydrogen-bond acceptors (Lipinski definition) is 5. The van der Waals surface area contributed by atoms with Gasteiger partial charge in [-0.2, -0.15) is 0 Å². The lowest BCUT2D eigenvalue weighted by molar-refractivity contribution is -0.137. The van der Waals surface area contributed by atoms with E-state index in [2.05, 4.69) is 4.74 Å². The standard InChI is InChI=1S/C10H12O4S2/c1-14-10(11)7-15-8-5-3-4-6-9(8)16(2,12)13/h3-6H,7H2,1-2H3. The quantitative estimate of drug-likeness (QED) is 0.604. The summed E-state index contributed by atoms with van der Waals surface area (Å²) < 4.78 is 27.4. The summed E-state index contributed by atoms with van der Waals surface area (Å²) in [7, 11) is -1.96. The molecule has 0 aliphatic heterocycles. The van der Waals surface area contributed by atoms with Crippen molar-refractivity contribution in [1.82, 2.24) is 0 Å². The summed E-state index contributed by atoms with van der Waals surface area (Å²) in [4.78, 5) is 11.8. The van der Waals surface area contributed by atoms with E-state index in [-0.39, 0.29) is 16.6 Å². The van der Waals surface area contributed by atoms with Crippen LogP contribution in [0.4, 0.5) is 0 Å². The van der Waals surface area contributed by atoms with E-state index in [1.54, 1.807) is 18.2 Å². The molecule has 88 valence electrons. The second-order valence-corrected chi connectivity index (χ2v) is 6.09. The lowest BCUT2D eigenvalue weighted by Gasteiger charge is -2.06. The minimum atomic E-state index is -3.26. The maximum atomic E-state index is 11.4. The van der Waals surface area contributed by atoms with Crippen molar-refractivity contribution in [2.75, 3.05) is 19.1 Å².